The molecule has 0 radical (unpaired) electrons. The molecule has 19 heavy (non-hydrogen) atoms. The van der Waals surface area contributed by atoms with E-state index in [9.17, 15) is 18.8 Å². The Morgan fingerprint density at radius 3 is 2.47 bits per heavy atom. The Kier molecular flexibility index (Phi) is 5.13. The Balaban J connectivity index is 2.80. The zero-order chi connectivity index (χ0) is 14.4. The molecule has 0 aromatic heterocycles. The third kappa shape index (κ3) is 3.85. The van der Waals surface area contributed by atoms with Crippen molar-refractivity contribution in [1.82, 2.24) is 4.90 Å². The molecule has 0 heterocycles. The van der Waals surface area contributed by atoms with E-state index in [-0.39, 0.29) is 18.8 Å². The van der Waals surface area contributed by atoms with Gasteiger partial charge in [0.25, 0.3) is 0 Å². The number of amides is 3. The fraction of sp³-hybridized carbons (Fsp3) is 0.250. The minimum atomic E-state index is -1.09. The maximum atomic E-state index is 13.3. The lowest BCUT2D eigenvalue weighted by molar-refractivity contribution is -0.149. The van der Waals surface area contributed by atoms with Crippen LogP contribution in [0.2, 0.25) is 0 Å². The second-order valence-corrected chi connectivity index (χ2v) is 3.70. The van der Waals surface area contributed by atoms with Crippen molar-refractivity contribution in [3.63, 3.8) is 0 Å². The molecule has 0 saturated heterocycles. The first-order chi connectivity index (χ1) is 8.97. The largest absolute Gasteiger partial charge is 0.329 e. The third-order valence-corrected chi connectivity index (χ3v) is 2.29. The second-order valence-electron chi connectivity index (χ2n) is 3.70. The Morgan fingerprint density at radius 1 is 1.32 bits per heavy atom. The number of nitrogens with zero attached hydrogens (tertiary/aromatic N) is 1. The standard InChI is InChI=1S/C12H14FN3O3/c1-8(17)16(7-6-14)12(19)11(18)15-10-5-3-2-4-9(10)13/h2-5H,6-7,14H2,1H3,(H,15,18). The van der Waals surface area contributed by atoms with Gasteiger partial charge in [0.1, 0.15) is 5.82 Å². The van der Waals surface area contributed by atoms with Gasteiger partial charge in [-0.25, -0.2) is 4.39 Å². The maximum Gasteiger partial charge on any atom is 0.318 e. The van der Waals surface area contributed by atoms with Crippen molar-refractivity contribution < 1.29 is 18.8 Å². The van der Waals surface area contributed by atoms with Gasteiger partial charge in [-0.2, -0.15) is 0 Å². The van der Waals surface area contributed by atoms with Crippen LogP contribution in [0.1, 0.15) is 6.92 Å². The molecule has 0 aliphatic carbocycles. The number of carbonyl (C=O) groups excluding carboxylic acids is 3. The van der Waals surface area contributed by atoms with E-state index in [1.807, 2.05) is 0 Å². The molecule has 102 valence electrons. The van der Waals surface area contributed by atoms with Crippen molar-refractivity contribution in [3.05, 3.63) is 30.1 Å². The summed E-state index contributed by atoms with van der Waals surface area (Å²) in [4.78, 5) is 35.2. The number of hydrogen-bond acceptors (Lipinski definition) is 4. The Morgan fingerprint density at radius 2 is 1.95 bits per heavy atom. The Labute approximate surface area is 109 Å². The summed E-state index contributed by atoms with van der Waals surface area (Å²) in [6.45, 7) is 1.11. The lowest BCUT2D eigenvalue weighted by atomic mass is 10.3. The maximum absolute atomic E-state index is 13.3. The SMILES string of the molecule is CC(=O)N(CCN)C(=O)C(=O)Nc1ccccc1F. The molecule has 1 aromatic carbocycles. The van der Waals surface area contributed by atoms with Crippen molar-refractivity contribution in [2.24, 2.45) is 5.73 Å². The number of halogens is 1. The van der Waals surface area contributed by atoms with Gasteiger partial charge in [-0.3, -0.25) is 19.3 Å². The molecule has 1 rings (SSSR count). The fourth-order valence-electron chi connectivity index (χ4n) is 1.39. The zero-order valence-electron chi connectivity index (χ0n) is 10.4. The molecule has 0 saturated carbocycles. The quantitative estimate of drug-likeness (QED) is 0.759. The van der Waals surface area contributed by atoms with Crippen LogP contribution in [0, 0.1) is 5.82 Å². The minimum absolute atomic E-state index is 0.0400. The van der Waals surface area contributed by atoms with Gasteiger partial charge >= 0.3 is 11.8 Å². The number of nitrogens with one attached hydrogen (secondary N) is 1. The predicted molar refractivity (Wildman–Crippen MR) is 66.5 cm³/mol. The third-order valence-electron chi connectivity index (χ3n) is 2.29. The predicted octanol–water partition coefficient (Wildman–Crippen LogP) is 0.0980. The molecule has 0 aliphatic heterocycles. The van der Waals surface area contributed by atoms with E-state index < -0.39 is 23.5 Å². The number of rotatable bonds is 3. The molecule has 7 heteroatoms. The van der Waals surface area contributed by atoms with E-state index in [1.54, 1.807) is 0 Å². The normalized spacial score (nSPS) is 9.84. The summed E-state index contributed by atoms with van der Waals surface area (Å²) in [5.74, 6) is -3.43. The summed E-state index contributed by atoms with van der Waals surface area (Å²) in [5, 5.41) is 2.11. The minimum Gasteiger partial charge on any atom is -0.329 e. The lowest BCUT2D eigenvalue weighted by Gasteiger charge is -2.17. The molecule has 0 aliphatic rings. The highest BCUT2D eigenvalue weighted by atomic mass is 19.1. The topological polar surface area (TPSA) is 92.5 Å². The highest BCUT2D eigenvalue weighted by molar-refractivity contribution is 6.41. The van der Waals surface area contributed by atoms with Crippen molar-refractivity contribution >= 4 is 23.4 Å². The first kappa shape index (κ1) is 14.8. The van der Waals surface area contributed by atoms with E-state index in [1.165, 1.54) is 18.2 Å². The van der Waals surface area contributed by atoms with E-state index in [0.29, 0.717) is 4.90 Å². The number of nitrogens with two attached hydrogens (primary N) is 1. The average Bonchev–Trinajstić information content (AvgIpc) is 2.37. The molecular formula is C12H14FN3O3. The molecule has 0 atom stereocenters. The van der Waals surface area contributed by atoms with Gasteiger partial charge in [0.2, 0.25) is 5.91 Å². The number of imide groups is 1. The zero-order valence-corrected chi connectivity index (χ0v) is 10.4. The van der Waals surface area contributed by atoms with Crippen LogP contribution in [0.25, 0.3) is 0 Å². The first-order valence-corrected chi connectivity index (χ1v) is 5.55. The second kappa shape index (κ2) is 6.60. The van der Waals surface area contributed by atoms with Crippen LogP contribution in [-0.4, -0.2) is 35.7 Å². The summed E-state index contributed by atoms with van der Waals surface area (Å²) < 4.78 is 13.3. The molecule has 3 amide bonds. The number of carbonyl (C=O) groups is 3. The van der Waals surface area contributed by atoms with Crippen LogP contribution in [0.5, 0.6) is 0 Å². The van der Waals surface area contributed by atoms with Crippen LogP contribution in [0.4, 0.5) is 10.1 Å². The Hall–Kier alpha value is -2.28. The van der Waals surface area contributed by atoms with Gasteiger partial charge in [-0.15, -0.1) is 0 Å². The fourth-order valence-corrected chi connectivity index (χ4v) is 1.39. The molecule has 0 bridgehead atoms. The van der Waals surface area contributed by atoms with E-state index >= 15 is 0 Å². The summed E-state index contributed by atoms with van der Waals surface area (Å²) in [5.41, 5.74) is 5.12. The molecule has 1 aromatic rings. The molecular weight excluding hydrogens is 253 g/mol. The van der Waals surface area contributed by atoms with Crippen molar-refractivity contribution in [1.29, 1.82) is 0 Å². The van der Waals surface area contributed by atoms with Gasteiger partial charge < -0.3 is 11.1 Å². The first-order valence-electron chi connectivity index (χ1n) is 5.55. The van der Waals surface area contributed by atoms with Crippen LogP contribution < -0.4 is 11.1 Å². The van der Waals surface area contributed by atoms with Gasteiger partial charge in [0, 0.05) is 20.0 Å². The summed E-state index contributed by atoms with van der Waals surface area (Å²) in [7, 11) is 0. The smallest absolute Gasteiger partial charge is 0.318 e. The molecule has 0 unspecified atom stereocenters. The van der Waals surface area contributed by atoms with Crippen molar-refractivity contribution in [3.8, 4) is 0 Å². The van der Waals surface area contributed by atoms with Crippen LogP contribution >= 0.6 is 0 Å². The number of anilines is 1. The number of para-hydroxylation sites is 1. The van der Waals surface area contributed by atoms with Crippen LogP contribution in [-0.2, 0) is 14.4 Å². The molecule has 0 spiro atoms. The van der Waals surface area contributed by atoms with Crippen molar-refractivity contribution in [2.45, 2.75) is 6.92 Å². The average molecular weight is 267 g/mol. The van der Waals surface area contributed by atoms with Crippen molar-refractivity contribution in [2.75, 3.05) is 18.4 Å². The van der Waals surface area contributed by atoms with Gasteiger partial charge in [-0.1, -0.05) is 12.1 Å². The van der Waals surface area contributed by atoms with Gasteiger partial charge in [0.15, 0.2) is 0 Å². The molecule has 3 N–H and O–H groups in total. The monoisotopic (exact) mass is 267 g/mol. The summed E-state index contributed by atoms with van der Waals surface area (Å²) in [6, 6.07) is 5.40. The van der Waals surface area contributed by atoms with Gasteiger partial charge in [-0.05, 0) is 12.1 Å². The Bertz CT molecular complexity index is 505. The van der Waals surface area contributed by atoms with Gasteiger partial charge in [0.05, 0.1) is 5.69 Å². The highest BCUT2D eigenvalue weighted by Crippen LogP contribution is 2.12. The molecule has 0 fully saturated rings. The summed E-state index contributed by atoms with van der Waals surface area (Å²) in [6.07, 6.45) is 0. The lowest BCUT2D eigenvalue weighted by Crippen LogP contribution is -2.44. The highest BCUT2D eigenvalue weighted by Gasteiger charge is 2.25. The van der Waals surface area contributed by atoms with E-state index in [2.05, 4.69) is 5.32 Å². The molecule has 6 nitrogen and oxygen atoms in total. The van der Waals surface area contributed by atoms with Crippen LogP contribution in [0.3, 0.4) is 0 Å². The van der Waals surface area contributed by atoms with E-state index in [0.717, 1.165) is 13.0 Å². The van der Waals surface area contributed by atoms with Crippen LogP contribution in [0.15, 0.2) is 24.3 Å². The number of hydrogen-bond donors (Lipinski definition) is 2. The van der Waals surface area contributed by atoms with E-state index in [4.69, 9.17) is 5.73 Å². The summed E-state index contributed by atoms with van der Waals surface area (Å²) >= 11 is 0. The number of benzene rings is 1.